The van der Waals surface area contributed by atoms with Crippen molar-refractivity contribution in [3.63, 3.8) is 0 Å². The first-order valence-electron chi connectivity index (χ1n) is 7.66. The van der Waals surface area contributed by atoms with Crippen molar-refractivity contribution in [3.05, 3.63) is 34.9 Å². The number of nitrogens with one attached hydrogen (secondary N) is 1. The predicted octanol–water partition coefficient (Wildman–Crippen LogP) is 4.61. The highest BCUT2D eigenvalue weighted by Crippen LogP contribution is 2.52. The molecule has 2 aliphatic rings. The van der Waals surface area contributed by atoms with Gasteiger partial charge in [0.1, 0.15) is 0 Å². The van der Waals surface area contributed by atoms with Crippen LogP contribution in [0.2, 0.25) is 5.02 Å². The molecule has 1 N–H and O–H groups in total. The van der Waals surface area contributed by atoms with Crippen LogP contribution in [0.3, 0.4) is 0 Å². The van der Waals surface area contributed by atoms with E-state index in [0.29, 0.717) is 11.3 Å². The molecule has 1 heterocycles. The normalized spacial score (nSPS) is 35.5. The molecule has 0 radical (unpaired) electrons. The summed E-state index contributed by atoms with van der Waals surface area (Å²) in [4.78, 5) is 0. The minimum atomic E-state index is 0.538. The van der Waals surface area contributed by atoms with E-state index in [0.717, 1.165) is 17.5 Å². The van der Waals surface area contributed by atoms with Crippen molar-refractivity contribution in [1.29, 1.82) is 0 Å². The highest BCUT2D eigenvalue weighted by Gasteiger charge is 2.43. The molecular weight excluding hydrogens is 254 g/mol. The van der Waals surface area contributed by atoms with Crippen LogP contribution in [0.15, 0.2) is 24.3 Å². The van der Waals surface area contributed by atoms with Crippen molar-refractivity contribution < 1.29 is 0 Å². The fourth-order valence-electron chi connectivity index (χ4n) is 4.39. The van der Waals surface area contributed by atoms with Gasteiger partial charge in [-0.05, 0) is 54.8 Å². The molecule has 1 nitrogen and oxygen atoms in total. The van der Waals surface area contributed by atoms with E-state index in [1.54, 1.807) is 0 Å². The highest BCUT2D eigenvalue weighted by atomic mass is 35.5. The Hall–Kier alpha value is -0.530. The van der Waals surface area contributed by atoms with Crippen LogP contribution >= 0.6 is 11.6 Å². The van der Waals surface area contributed by atoms with Crippen molar-refractivity contribution in [3.8, 4) is 0 Å². The molecule has 3 unspecified atom stereocenters. The Bertz CT molecular complexity index is 423. The molecule has 2 fully saturated rings. The fraction of sp³-hybridized carbons (Fsp3) is 0.647. The van der Waals surface area contributed by atoms with Crippen LogP contribution in [0.4, 0.5) is 0 Å². The second kappa shape index (κ2) is 5.46. The molecule has 19 heavy (non-hydrogen) atoms. The Morgan fingerprint density at radius 1 is 1.21 bits per heavy atom. The third-order valence-electron chi connectivity index (χ3n) is 5.29. The van der Waals surface area contributed by atoms with Gasteiger partial charge >= 0.3 is 0 Å². The molecular formula is C17H24ClN. The molecule has 3 atom stereocenters. The fourth-order valence-corrected chi connectivity index (χ4v) is 4.51. The van der Waals surface area contributed by atoms with E-state index >= 15 is 0 Å². The Morgan fingerprint density at radius 2 is 2.00 bits per heavy atom. The van der Waals surface area contributed by atoms with E-state index in [2.05, 4.69) is 24.4 Å². The van der Waals surface area contributed by atoms with Crippen LogP contribution < -0.4 is 5.32 Å². The van der Waals surface area contributed by atoms with Gasteiger partial charge in [0, 0.05) is 17.5 Å². The molecule has 1 aliphatic heterocycles. The maximum atomic E-state index is 6.04. The van der Waals surface area contributed by atoms with Crippen LogP contribution in [0, 0.1) is 11.3 Å². The number of rotatable bonds is 1. The smallest absolute Gasteiger partial charge is 0.0406 e. The quantitative estimate of drug-likeness (QED) is 0.790. The molecule has 0 bridgehead atoms. The van der Waals surface area contributed by atoms with E-state index < -0.39 is 0 Å². The van der Waals surface area contributed by atoms with Crippen molar-refractivity contribution in [1.82, 2.24) is 5.32 Å². The van der Waals surface area contributed by atoms with Gasteiger partial charge in [-0.15, -0.1) is 0 Å². The summed E-state index contributed by atoms with van der Waals surface area (Å²) in [6, 6.07) is 8.57. The summed E-state index contributed by atoms with van der Waals surface area (Å²) in [5.41, 5.74) is 2.02. The standard InChI is InChI=1S/C17H24ClN/c1-13-3-2-8-17(11-13)9-10-19-12-16(17)14-4-6-15(18)7-5-14/h4-7,13,16,19H,2-3,8-12H2,1H3. The number of benzene rings is 1. The molecule has 0 amide bonds. The summed E-state index contributed by atoms with van der Waals surface area (Å²) in [5, 5.41) is 4.45. The number of halogens is 1. The monoisotopic (exact) mass is 277 g/mol. The van der Waals surface area contributed by atoms with Crippen LogP contribution in [0.25, 0.3) is 0 Å². The lowest BCUT2D eigenvalue weighted by atomic mass is 9.58. The third-order valence-corrected chi connectivity index (χ3v) is 5.54. The van der Waals surface area contributed by atoms with Crippen LogP contribution in [-0.2, 0) is 0 Å². The van der Waals surface area contributed by atoms with Gasteiger partial charge in [-0.3, -0.25) is 0 Å². The van der Waals surface area contributed by atoms with E-state index in [9.17, 15) is 0 Å². The second-order valence-corrected chi connectivity index (χ2v) is 7.06. The van der Waals surface area contributed by atoms with Crippen molar-refractivity contribution >= 4 is 11.6 Å². The average molecular weight is 278 g/mol. The van der Waals surface area contributed by atoms with E-state index in [1.807, 2.05) is 12.1 Å². The Balaban J connectivity index is 1.90. The number of hydrogen-bond donors (Lipinski definition) is 1. The zero-order valence-corrected chi connectivity index (χ0v) is 12.5. The summed E-state index contributed by atoms with van der Waals surface area (Å²) in [6.07, 6.45) is 6.98. The Morgan fingerprint density at radius 3 is 2.74 bits per heavy atom. The summed E-state index contributed by atoms with van der Waals surface area (Å²) in [5.74, 6) is 1.56. The lowest BCUT2D eigenvalue weighted by Gasteiger charge is -2.49. The molecule has 2 heteroatoms. The molecule has 1 saturated heterocycles. The first kappa shape index (κ1) is 13.5. The first-order valence-corrected chi connectivity index (χ1v) is 8.04. The SMILES string of the molecule is CC1CCCC2(CCNCC2c2ccc(Cl)cc2)C1. The molecule has 104 valence electrons. The van der Waals surface area contributed by atoms with Crippen molar-refractivity contribution in [2.75, 3.05) is 13.1 Å². The first-order chi connectivity index (χ1) is 9.20. The number of piperidine rings is 1. The topological polar surface area (TPSA) is 12.0 Å². The molecule has 1 spiro atoms. The van der Waals surface area contributed by atoms with Gasteiger partial charge in [0.2, 0.25) is 0 Å². The van der Waals surface area contributed by atoms with Crippen LogP contribution in [0.5, 0.6) is 0 Å². The molecule has 3 rings (SSSR count). The summed E-state index contributed by atoms with van der Waals surface area (Å²) in [7, 11) is 0. The summed E-state index contributed by atoms with van der Waals surface area (Å²) in [6.45, 7) is 4.76. The molecule has 1 saturated carbocycles. The molecule has 1 aliphatic carbocycles. The maximum Gasteiger partial charge on any atom is 0.0406 e. The molecule has 1 aromatic rings. The van der Waals surface area contributed by atoms with Crippen molar-refractivity contribution in [2.45, 2.75) is 44.9 Å². The summed E-state index contributed by atoms with van der Waals surface area (Å²) >= 11 is 6.04. The largest absolute Gasteiger partial charge is 0.316 e. The zero-order valence-electron chi connectivity index (χ0n) is 11.8. The van der Waals surface area contributed by atoms with Gasteiger partial charge in [-0.2, -0.15) is 0 Å². The van der Waals surface area contributed by atoms with Gasteiger partial charge in [-0.25, -0.2) is 0 Å². The molecule has 0 aromatic heterocycles. The van der Waals surface area contributed by atoms with E-state index in [4.69, 9.17) is 11.6 Å². The third kappa shape index (κ3) is 2.68. The molecule has 1 aromatic carbocycles. The summed E-state index contributed by atoms with van der Waals surface area (Å²) < 4.78 is 0. The van der Waals surface area contributed by atoms with Gasteiger partial charge in [-0.1, -0.05) is 43.5 Å². The van der Waals surface area contributed by atoms with Gasteiger partial charge in [0.15, 0.2) is 0 Å². The van der Waals surface area contributed by atoms with Crippen LogP contribution in [-0.4, -0.2) is 13.1 Å². The lowest BCUT2D eigenvalue weighted by Crippen LogP contribution is -2.45. The highest BCUT2D eigenvalue weighted by molar-refractivity contribution is 6.30. The minimum Gasteiger partial charge on any atom is -0.316 e. The minimum absolute atomic E-state index is 0.538. The van der Waals surface area contributed by atoms with Crippen molar-refractivity contribution in [2.24, 2.45) is 11.3 Å². The predicted molar refractivity (Wildman–Crippen MR) is 81.7 cm³/mol. The van der Waals surface area contributed by atoms with E-state index in [-0.39, 0.29) is 0 Å². The second-order valence-electron chi connectivity index (χ2n) is 6.62. The number of hydrogen-bond acceptors (Lipinski definition) is 1. The Kier molecular flexibility index (Phi) is 3.86. The van der Waals surface area contributed by atoms with E-state index in [1.165, 1.54) is 44.2 Å². The maximum absolute atomic E-state index is 6.04. The van der Waals surface area contributed by atoms with Gasteiger partial charge in [0.25, 0.3) is 0 Å². The lowest BCUT2D eigenvalue weighted by molar-refractivity contribution is 0.0757. The van der Waals surface area contributed by atoms with Gasteiger partial charge < -0.3 is 5.32 Å². The van der Waals surface area contributed by atoms with Crippen LogP contribution in [0.1, 0.15) is 50.5 Å². The van der Waals surface area contributed by atoms with Gasteiger partial charge in [0.05, 0.1) is 0 Å². The zero-order chi connectivity index (χ0) is 13.3. The Labute approximate surface area is 121 Å². The average Bonchev–Trinajstić information content (AvgIpc) is 2.40.